The Labute approximate surface area is 147 Å². The number of anilines is 1. The Morgan fingerprint density at radius 1 is 1.40 bits per heavy atom. The third kappa shape index (κ3) is 4.47. The second-order valence-corrected chi connectivity index (χ2v) is 5.81. The first kappa shape index (κ1) is 18.3. The predicted octanol–water partition coefficient (Wildman–Crippen LogP) is 1.75. The molecule has 1 aromatic carbocycles. The van der Waals surface area contributed by atoms with E-state index in [4.69, 9.17) is 16.6 Å². The molecule has 0 fully saturated rings. The standard InChI is InChI=1S/C18H24N6O/c1-12(25)24-7-6-17(20)16(11-24)18(21)23-15-5-3-4-13(8-15)14(9-19)10-22-2/h3-5,8-10,19,22H,6-7,11,20H2,1-2H3,(H2,21,23)/b14-10+,19-9?. The highest BCUT2D eigenvalue weighted by Gasteiger charge is 2.22. The Morgan fingerprint density at radius 3 is 2.80 bits per heavy atom. The van der Waals surface area contributed by atoms with Gasteiger partial charge in [-0.2, -0.15) is 0 Å². The maximum absolute atomic E-state index is 11.6. The molecular weight excluding hydrogens is 316 g/mol. The molecule has 1 amide bonds. The van der Waals surface area contributed by atoms with Gasteiger partial charge in [-0.15, -0.1) is 0 Å². The van der Waals surface area contributed by atoms with Crippen LogP contribution < -0.4 is 16.4 Å². The van der Waals surface area contributed by atoms with Crippen LogP contribution in [0.25, 0.3) is 5.57 Å². The first-order valence-corrected chi connectivity index (χ1v) is 8.03. The molecule has 7 nitrogen and oxygen atoms in total. The summed E-state index contributed by atoms with van der Waals surface area (Å²) >= 11 is 0. The number of carbonyl (C=O) groups excluding carboxylic acids is 1. The number of carbonyl (C=O) groups is 1. The molecule has 0 unspecified atom stereocenters. The summed E-state index contributed by atoms with van der Waals surface area (Å²) in [7, 11) is 1.78. The van der Waals surface area contributed by atoms with Crippen molar-refractivity contribution in [1.82, 2.24) is 10.2 Å². The van der Waals surface area contributed by atoms with Crippen molar-refractivity contribution < 1.29 is 4.79 Å². The molecule has 0 bridgehead atoms. The smallest absolute Gasteiger partial charge is 0.219 e. The van der Waals surface area contributed by atoms with E-state index in [9.17, 15) is 4.79 Å². The van der Waals surface area contributed by atoms with Crippen LogP contribution in [0.4, 0.5) is 5.69 Å². The van der Waals surface area contributed by atoms with Gasteiger partial charge in [-0.1, -0.05) is 12.1 Å². The van der Waals surface area contributed by atoms with Gasteiger partial charge in [0, 0.05) is 61.9 Å². The number of nitrogens with two attached hydrogens (primary N) is 1. The van der Waals surface area contributed by atoms with Crippen LogP contribution in [0.15, 0.2) is 41.7 Å². The average Bonchev–Trinajstić information content (AvgIpc) is 2.60. The molecule has 1 aliphatic heterocycles. The summed E-state index contributed by atoms with van der Waals surface area (Å²) in [5.74, 6) is 0.169. The molecular formula is C18H24N6O. The summed E-state index contributed by atoms with van der Waals surface area (Å²) in [4.78, 5) is 13.3. The highest BCUT2D eigenvalue weighted by molar-refractivity contribution is 6.10. The predicted molar refractivity (Wildman–Crippen MR) is 102 cm³/mol. The van der Waals surface area contributed by atoms with Gasteiger partial charge in [-0.3, -0.25) is 10.2 Å². The van der Waals surface area contributed by atoms with Gasteiger partial charge in [0.15, 0.2) is 0 Å². The number of allylic oxidation sites excluding steroid dienone is 1. The minimum absolute atomic E-state index is 0.0207. The Hall–Kier alpha value is -3.09. The minimum Gasteiger partial charge on any atom is -0.402 e. The van der Waals surface area contributed by atoms with E-state index in [0.717, 1.165) is 16.8 Å². The van der Waals surface area contributed by atoms with Gasteiger partial charge >= 0.3 is 0 Å². The third-order valence-corrected chi connectivity index (χ3v) is 4.06. The van der Waals surface area contributed by atoms with Crippen LogP contribution in [-0.4, -0.2) is 43.0 Å². The number of amides is 1. The van der Waals surface area contributed by atoms with E-state index in [-0.39, 0.29) is 11.7 Å². The summed E-state index contributed by atoms with van der Waals surface area (Å²) in [5, 5.41) is 21.8. The van der Waals surface area contributed by atoms with Crippen LogP contribution in [0.2, 0.25) is 0 Å². The largest absolute Gasteiger partial charge is 0.402 e. The van der Waals surface area contributed by atoms with E-state index in [1.54, 1.807) is 18.1 Å². The number of rotatable bonds is 5. The number of benzene rings is 1. The van der Waals surface area contributed by atoms with Crippen molar-refractivity contribution in [2.45, 2.75) is 13.3 Å². The van der Waals surface area contributed by atoms with Crippen LogP contribution in [0, 0.1) is 10.8 Å². The zero-order chi connectivity index (χ0) is 18.4. The van der Waals surface area contributed by atoms with E-state index in [1.165, 1.54) is 13.1 Å². The lowest BCUT2D eigenvalue weighted by Crippen LogP contribution is -2.39. The molecule has 0 atom stereocenters. The number of hydrogen-bond acceptors (Lipinski definition) is 5. The lowest BCUT2D eigenvalue weighted by molar-refractivity contribution is -0.128. The molecule has 0 saturated heterocycles. The van der Waals surface area contributed by atoms with Gasteiger partial charge in [0.05, 0.1) is 6.54 Å². The first-order chi connectivity index (χ1) is 12.0. The van der Waals surface area contributed by atoms with Crippen molar-refractivity contribution in [2.24, 2.45) is 5.73 Å². The molecule has 0 aromatic heterocycles. The molecule has 7 heteroatoms. The van der Waals surface area contributed by atoms with Crippen molar-refractivity contribution in [3.8, 4) is 0 Å². The number of nitrogens with one attached hydrogen (secondary N) is 4. The maximum Gasteiger partial charge on any atom is 0.219 e. The number of nitrogens with zero attached hydrogens (tertiary/aromatic N) is 1. The fraction of sp³-hybridized carbons (Fsp3) is 0.278. The van der Waals surface area contributed by atoms with E-state index >= 15 is 0 Å². The Bertz CT molecular complexity index is 750. The van der Waals surface area contributed by atoms with Crippen LogP contribution in [0.3, 0.4) is 0 Å². The topological polar surface area (TPSA) is 118 Å². The molecule has 25 heavy (non-hydrogen) atoms. The fourth-order valence-corrected chi connectivity index (χ4v) is 2.65. The third-order valence-electron chi connectivity index (χ3n) is 4.06. The summed E-state index contributed by atoms with van der Waals surface area (Å²) in [5.41, 5.74) is 9.65. The summed E-state index contributed by atoms with van der Waals surface area (Å²) in [6, 6.07) is 7.47. The van der Waals surface area contributed by atoms with E-state index < -0.39 is 0 Å². The Balaban J connectivity index is 2.19. The van der Waals surface area contributed by atoms with Crippen molar-refractivity contribution in [3.63, 3.8) is 0 Å². The van der Waals surface area contributed by atoms with Gasteiger partial charge in [0.2, 0.25) is 5.91 Å². The zero-order valence-electron chi connectivity index (χ0n) is 14.5. The lowest BCUT2D eigenvalue weighted by Gasteiger charge is -2.29. The van der Waals surface area contributed by atoms with E-state index in [1.807, 2.05) is 24.3 Å². The van der Waals surface area contributed by atoms with Crippen molar-refractivity contribution in [1.29, 1.82) is 10.8 Å². The second-order valence-electron chi connectivity index (χ2n) is 5.81. The van der Waals surface area contributed by atoms with Crippen molar-refractivity contribution in [3.05, 3.63) is 47.3 Å². The molecule has 0 spiro atoms. The highest BCUT2D eigenvalue weighted by atomic mass is 16.2. The monoisotopic (exact) mass is 340 g/mol. The summed E-state index contributed by atoms with van der Waals surface area (Å²) < 4.78 is 0. The molecule has 0 aliphatic carbocycles. The van der Waals surface area contributed by atoms with E-state index in [2.05, 4.69) is 10.6 Å². The summed E-state index contributed by atoms with van der Waals surface area (Å²) in [6.45, 7) is 2.45. The molecule has 1 heterocycles. The molecule has 6 N–H and O–H groups in total. The molecule has 0 saturated carbocycles. The van der Waals surface area contributed by atoms with Crippen LogP contribution >= 0.6 is 0 Å². The molecule has 1 aliphatic rings. The van der Waals surface area contributed by atoms with Crippen LogP contribution in [0.1, 0.15) is 18.9 Å². The van der Waals surface area contributed by atoms with Gasteiger partial charge in [-0.05, 0) is 17.7 Å². The van der Waals surface area contributed by atoms with Gasteiger partial charge in [0.25, 0.3) is 0 Å². The number of amidine groups is 1. The second kappa shape index (κ2) is 8.14. The van der Waals surface area contributed by atoms with Crippen LogP contribution in [-0.2, 0) is 4.79 Å². The van der Waals surface area contributed by atoms with Gasteiger partial charge < -0.3 is 26.7 Å². The van der Waals surface area contributed by atoms with Crippen molar-refractivity contribution in [2.75, 3.05) is 25.5 Å². The zero-order valence-corrected chi connectivity index (χ0v) is 14.5. The first-order valence-electron chi connectivity index (χ1n) is 8.03. The Morgan fingerprint density at radius 2 is 2.16 bits per heavy atom. The SMILES string of the molecule is CN/C=C(\C=N)c1cccc(NC(=N)C2=C(N)CCN(C(C)=O)C2)c1. The van der Waals surface area contributed by atoms with E-state index in [0.29, 0.717) is 30.8 Å². The van der Waals surface area contributed by atoms with Crippen molar-refractivity contribution >= 4 is 29.2 Å². The minimum atomic E-state index is -0.0207. The highest BCUT2D eigenvalue weighted by Crippen LogP contribution is 2.20. The lowest BCUT2D eigenvalue weighted by atomic mass is 10.0. The molecule has 1 aromatic rings. The Kier molecular flexibility index (Phi) is 5.94. The number of hydrogen-bond donors (Lipinski definition) is 5. The molecule has 0 radical (unpaired) electrons. The normalized spacial score (nSPS) is 15.0. The van der Waals surface area contributed by atoms with Crippen LogP contribution in [0.5, 0.6) is 0 Å². The molecule has 132 valence electrons. The molecule has 2 rings (SSSR count). The quantitative estimate of drug-likeness (QED) is 0.414. The van der Waals surface area contributed by atoms with Gasteiger partial charge in [-0.25, -0.2) is 0 Å². The fourth-order valence-electron chi connectivity index (χ4n) is 2.65. The summed E-state index contributed by atoms with van der Waals surface area (Å²) in [6.07, 6.45) is 3.58. The average molecular weight is 340 g/mol. The maximum atomic E-state index is 11.6. The van der Waals surface area contributed by atoms with Gasteiger partial charge in [0.1, 0.15) is 5.84 Å².